The molecule has 1 saturated heterocycles. The summed E-state index contributed by atoms with van der Waals surface area (Å²) < 4.78 is 1.58. The Morgan fingerprint density at radius 2 is 2.22 bits per heavy atom. The van der Waals surface area contributed by atoms with Crippen molar-refractivity contribution < 1.29 is 4.79 Å². The van der Waals surface area contributed by atoms with E-state index < -0.39 is 11.4 Å². The van der Waals surface area contributed by atoms with Gasteiger partial charge >= 0.3 is 0 Å². The lowest BCUT2D eigenvalue weighted by Crippen LogP contribution is -2.47. The molecule has 1 aromatic carbocycles. The second-order valence-electron chi connectivity index (χ2n) is 5.32. The maximum atomic E-state index is 12.4. The summed E-state index contributed by atoms with van der Waals surface area (Å²) in [6, 6.07) is 9.31. The zero-order valence-corrected chi connectivity index (χ0v) is 14.0. The molecule has 118 valence electrons. The number of nitriles is 1. The number of amides is 1. The van der Waals surface area contributed by atoms with Crippen LogP contribution >= 0.6 is 23.4 Å². The zero-order chi connectivity index (χ0) is 16.4. The zero-order valence-electron chi connectivity index (χ0n) is 12.4. The summed E-state index contributed by atoms with van der Waals surface area (Å²) >= 11 is 7.53. The fraction of sp³-hybridized carbons (Fsp3) is 0.333. The number of aromatic nitrogens is 3. The lowest BCUT2D eigenvalue weighted by molar-refractivity contribution is 0.0915. The molecule has 1 unspecified atom stereocenters. The summed E-state index contributed by atoms with van der Waals surface area (Å²) in [5.41, 5.74) is -0.0497. The molecule has 1 fully saturated rings. The minimum atomic E-state index is -0.818. The molecule has 2 heterocycles. The van der Waals surface area contributed by atoms with E-state index in [1.54, 1.807) is 47.6 Å². The van der Waals surface area contributed by atoms with Crippen LogP contribution in [0.3, 0.4) is 0 Å². The normalized spacial score (nSPS) is 20.2. The summed E-state index contributed by atoms with van der Waals surface area (Å²) in [6.07, 6.45) is 0.636. The summed E-state index contributed by atoms with van der Waals surface area (Å²) in [5.74, 6) is 1.67. The number of nitrogens with zero attached hydrogens (tertiary/aromatic N) is 4. The van der Waals surface area contributed by atoms with E-state index in [0.717, 1.165) is 11.4 Å². The Kier molecular flexibility index (Phi) is 4.28. The maximum absolute atomic E-state index is 12.4. The molecule has 3 rings (SSSR count). The number of carbonyl (C=O) groups is 1. The highest BCUT2D eigenvalue weighted by Crippen LogP contribution is 2.27. The third kappa shape index (κ3) is 3.19. The monoisotopic (exact) mass is 347 g/mol. The van der Waals surface area contributed by atoms with Crippen molar-refractivity contribution in [3.63, 3.8) is 0 Å². The molecule has 1 atom stereocenters. The van der Waals surface area contributed by atoms with Gasteiger partial charge in [-0.05, 0) is 43.4 Å². The molecule has 1 amide bonds. The Labute approximate surface area is 142 Å². The smallest absolute Gasteiger partial charge is 0.292 e. The van der Waals surface area contributed by atoms with E-state index >= 15 is 0 Å². The summed E-state index contributed by atoms with van der Waals surface area (Å²) in [4.78, 5) is 16.6. The van der Waals surface area contributed by atoms with Crippen molar-refractivity contribution in [2.24, 2.45) is 0 Å². The number of benzene rings is 1. The Bertz CT molecular complexity index is 774. The van der Waals surface area contributed by atoms with Crippen molar-refractivity contribution >= 4 is 29.3 Å². The predicted molar refractivity (Wildman–Crippen MR) is 88.9 cm³/mol. The molecule has 0 bridgehead atoms. The number of nitrogens with one attached hydrogen (secondary N) is 1. The van der Waals surface area contributed by atoms with Gasteiger partial charge in [0.05, 0.1) is 11.8 Å². The van der Waals surface area contributed by atoms with Crippen molar-refractivity contribution in [1.29, 1.82) is 5.26 Å². The van der Waals surface area contributed by atoms with Gasteiger partial charge in [-0.2, -0.15) is 17.0 Å². The van der Waals surface area contributed by atoms with Crippen LogP contribution in [0.4, 0.5) is 0 Å². The van der Waals surface area contributed by atoms with Gasteiger partial charge < -0.3 is 5.32 Å². The lowest BCUT2D eigenvalue weighted by atomic mass is 10.0. The Balaban J connectivity index is 1.84. The quantitative estimate of drug-likeness (QED) is 0.921. The molecule has 2 aromatic rings. The van der Waals surface area contributed by atoms with E-state index in [1.807, 2.05) is 0 Å². The Morgan fingerprint density at radius 3 is 2.83 bits per heavy atom. The number of hydrogen-bond donors (Lipinski definition) is 1. The van der Waals surface area contributed by atoms with Gasteiger partial charge in [-0.1, -0.05) is 11.6 Å². The fourth-order valence-electron chi connectivity index (χ4n) is 2.37. The van der Waals surface area contributed by atoms with Gasteiger partial charge in [-0.25, -0.2) is 9.67 Å². The molecule has 1 N–H and O–H groups in total. The number of hydrogen-bond acceptors (Lipinski definition) is 5. The number of carbonyl (C=O) groups excluding carboxylic acids is 1. The molecular formula is C15H14ClN5OS. The average molecular weight is 348 g/mol. The van der Waals surface area contributed by atoms with Gasteiger partial charge in [0.25, 0.3) is 5.91 Å². The number of rotatable bonds is 3. The van der Waals surface area contributed by atoms with E-state index in [-0.39, 0.29) is 5.82 Å². The molecule has 1 aliphatic rings. The van der Waals surface area contributed by atoms with Crippen LogP contribution in [0.1, 0.15) is 22.9 Å². The van der Waals surface area contributed by atoms with Crippen LogP contribution < -0.4 is 5.32 Å². The predicted octanol–water partition coefficient (Wildman–Crippen LogP) is 2.36. The lowest BCUT2D eigenvalue weighted by Gasteiger charge is -2.19. The van der Waals surface area contributed by atoms with Crippen LogP contribution in [0, 0.1) is 18.3 Å². The van der Waals surface area contributed by atoms with Crippen LogP contribution in [0.5, 0.6) is 0 Å². The van der Waals surface area contributed by atoms with E-state index in [2.05, 4.69) is 21.5 Å². The third-order valence-corrected chi connectivity index (χ3v) is 5.07. The van der Waals surface area contributed by atoms with Gasteiger partial charge in [0, 0.05) is 10.8 Å². The maximum Gasteiger partial charge on any atom is 0.292 e. The fourth-order valence-corrected chi connectivity index (χ4v) is 3.76. The molecule has 0 spiro atoms. The second-order valence-corrected chi connectivity index (χ2v) is 6.86. The summed E-state index contributed by atoms with van der Waals surface area (Å²) in [5, 5.41) is 17.0. The molecular weight excluding hydrogens is 334 g/mol. The first-order valence-electron chi connectivity index (χ1n) is 7.04. The summed E-state index contributed by atoms with van der Waals surface area (Å²) in [6.45, 7) is 1.77. The summed E-state index contributed by atoms with van der Waals surface area (Å²) in [7, 11) is 0. The molecule has 8 heteroatoms. The topological polar surface area (TPSA) is 83.6 Å². The van der Waals surface area contributed by atoms with Crippen LogP contribution in [0.2, 0.25) is 5.02 Å². The first kappa shape index (κ1) is 15.8. The molecule has 0 aliphatic carbocycles. The number of halogens is 1. The van der Waals surface area contributed by atoms with Crippen molar-refractivity contribution in [2.45, 2.75) is 18.9 Å². The van der Waals surface area contributed by atoms with E-state index in [4.69, 9.17) is 11.6 Å². The molecule has 1 aromatic heterocycles. The van der Waals surface area contributed by atoms with Gasteiger partial charge in [0.1, 0.15) is 11.4 Å². The standard InChI is InChI=1S/C15H14ClN5OS/c1-10-18-13(14(22)19-15(8-17)6-7-23-9-15)20-21(10)12-4-2-11(16)3-5-12/h2-5H,6-7,9H2,1H3,(H,19,22). The molecule has 1 aliphatic heterocycles. The van der Waals surface area contributed by atoms with Gasteiger partial charge in [0.2, 0.25) is 5.82 Å². The SMILES string of the molecule is Cc1nc(C(=O)NC2(C#N)CCSC2)nn1-c1ccc(Cl)cc1. The van der Waals surface area contributed by atoms with Gasteiger partial charge in [0.15, 0.2) is 0 Å². The average Bonchev–Trinajstić information content (AvgIpc) is 3.16. The number of aryl methyl sites for hydroxylation is 1. The van der Waals surface area contributed by atoms with Crippen molar-refractivity contribution in [2.75, 3.05) is 11.5 Å². The van der Waals surface area contributed by atoms with Crippen molar-refractivity contribution in [3.8, 4) is 11.8 Å². The van der Waals surface area contributed by atoms with Crippen LogP contribution in [-0.4, -0.2) is 37.7 Å². The van der Waals surface area contributed by atoms with Crippen LogP contribution in [0.15, 0.2) is 24.3 Å². The molecule has 0 radical (unpaired) electrons. The highest BCUT2D eigenvalue weighted by atomic mass is 35.5. The Hall–Kier alpha value is -2.04. The minimum absolute atomic E-state index is 0.0592. The first-order valence-corrected chi connectivity index (χ1v) is 8.57. The molecule has 0 saturated carbocycles. The van der Waals surface area contributed by atoms with E-state index in [0.29, 0.717) is 23.0 Å². The highest BCUT2D eigenvalue weighted by molar-refractivity contribution is 7.99. The van der Waals surface area contributed by atoms with Gasteiger partial charge in [-0.15, -0.1) is 5.10 Å². The van der Waals surface area contributed by atoms with Crippen molar-refractivity contribution in [1.82, 2.24) is 20.1 Å². The largest absolute Gasteiger partial charge is 0.330 e. The van der Waals surface area contributed by atoms with E-state index in [9.17, 15) is 10.1 Å². The van der Waals surface area contributed by atoms with Crippen LogP contribution in [0.25, 0.3) is 5.69 Å². The second kappa shape index (κ2) is 6.22. The molecule has 23 heavy (non-hydrogen) atoms. The third-order valence-electron chi connectivity index (χ3n) is 3.63. The highest BCUT2D eigenvalue weighted by Gasteiger charge is 2.37. The first-order chi connectivity index (χ1) is 11.0. The van der Waals surface area contributed by atoms with E-state index in [1.165, 1.54) is 0 Å². The van der Waals surface area contributed by atoms with Crippen LogP contribution in [-0.2, 0) is 0 Å². The minimum Gasteiger partial charge on any atom is -0.330 e. The Morgan fingerprint density at radius 1 is 1.48 bits per heavy atom. The number of thioether (sulfide) groups is 1. The van der Waals surface area contributed by atoms with Crippen molar-refractivity contribution in [3.05, 3.63) is 40.9 Å². The van der Waals surface area contributed by atoms with Gasteiger partial charge in [-0.3, -0.25) is 4.79 Å². The molecule has 6 nitrogen and oxygen atoms in total.